The lowest BCUT2D eigenvalue weighted by molar-refractivity contribution is -0.137. The lowest BCUT2D eigenvalue weighted by Gasteiger charge is -1.99. The zero-order valence-electron chi connectivity index (χ0n) is 13.6. The van der Waals surface area contributed by atoms with Gasteiger partial charge in [0.05, 0.1) is 12.2 Å². The van der Waals surface area contributed by atoms with Crippen molar-refractivity contribution < 1.29 is 14.6 Å². The Balaban J connectivity index is 1.83. The molecule has 0 aromatic carbocycles. The van der Waals surface area contributed by atoms with Crippen molar-refractivity contribution in [1.29, 1.82) is 0 Å². The van der Waals surface area contributed by atoms with Crippen molar-refractivity contribution in [3.63, 3.8) is 0 Å². The summed E-state index contributed by atoms with van der Waals surface area (Å²) < 4.78 is 5.67. The third-order valence-corrected chi connectivity index (χ3v) is 4.08. The van der Waals surface area contributed by atoms with Crippen LogP contribution in [0.15, 0.2) is 12.2 Å². The van der Waals surface area contributed by atoms with Gasteiger partial charge in [0, 0.05) is 6.42 Å². The summed E-state index contributed by atoms with van der Waals surface area (Å²) in [5, 5.41) is 8.54. The molecule has 0 saturated carbocycles. The van der Waals surface area contributed by atoms with Crippen LogP contribution in [-0.2, 0) is 9.53 Å². The molecule has 0 unspecified atom stereocenters. The van der Waals surface area contributed by atoms with Crippen LogP contribution < -0.4 is 0 Å². The fourth-order valence-electron chi connectivity index (χ4n) is 2.65. The average molecular weight is 296 g/mol. The summed E-state index contributed by atoms with van der Waals surface area (Å²) in [6, 6.07) is 0. The van der Waals surface area contributed by atoms with Crippen LogP contribution >= 0.6 is 0 Å². The Labute approximate surface area is 129 Å². The molecule has 3 nitrogen and oxygen atoms in total. The van der Waals surface area contributed by atoms with E-state index in [1.807, 2.05) is 0 Å². The van der Waals surface area contributed by atoms with Gasteiger partial charge in [-0.25, -0.2) is 0 Å². The largest absolute Gasteiger partial charge is 0.481 e. The van der Waals surface area contributed by atoms with Gasteiger partial charge >= 0.3 is 5.97 Å². The average Bonchev–Trinajstić information content (AvgIpc) is 3.20. The number of carbonyl (C=O) groups is 1. The highest BCUT2D eigenvalue weighted by molar-refractivity contribution is 5.66. The SMILES string of the molecule is CCCCC/C=C\C[C@@H]1O[C@@H]1CCCCCCCC(=O)O. The van der Waals surface area contributed by atoms with Gasteiger partial charge in [0.15, 0.2) is 0 Å². The molecule has 0 spiro atoms. The zero-order chi connectivity index (χ0) is 15.3. The summed E-state index contributed by atoms with van der Waals surface area (Å²) >= 11 is 0. The van der Waals surface area contributed by atoms with Crippen LogP contribution in [0.2, 0.25) is 0 Å². The third-order valence-electron chi connectivity index (χ3n) is 4.08. The molecule has 1 saturated heterocycles. The highest BCUT2D eigenvalue weighted by Crippen LogP contribution is 2.30. The van der Waals surface area contributed by atoms with Crippen molar-refractivity contribution in [1.82, 2.24) is 0 Å². The second kappa shape index (κ2) is 11.8. The molecule has 3 heteroatoms. The lowest BCUT2D eigenvalue weighted by Crippen LogP contribution is -1.94. The Morgan fingerprint density at radius 2 is 1.76 bits per heavy atom. The number of hydrogen-bond acceptors (Lipinski definition) is 2. The van der Waals surface area contributed by atoms with Gasteiger partial charge in [-0.05, 0) is 32.1 Å². The quantitative estimate of drug-likeness (QED) is 0.276. The minimum Gasteiger partial charge on any atom is -0.481 e. The van der Waals surface area contributed by atoms with Gasteiger partial charge in [-0.3, -0.25) is 4.79 Å². The summed E-state index contributed by atoms with van der Waals surface area (Å²) in [6.07, 6.45) is 18.7. The molecule has 0 radical (unpaired) electrons. The van der Waals surface area contributed by atoms with Crippen LogP contribution in [0.4, 0.5) is 0 Å². The van der Waals surface area contributed by atoms with E-state index in [1.54, 1.807) is 0 Å². The molecule has 2 atom stereocenters. The first kappa shape index (κ1) is 18.2. The predicted molar refractivity (Wildman–Crippen MR) is 86.5 cm³/mol. The van der Waals surface area contributed by atoms with Crippen LogP contribution in [0, 0.1) is 0 Å². The molecule has 0 amide bonds. The normalized spacial score (nSPS) is 21.0. The highest BCUT2D eigenvalue weighted by Gasteiger charge is 2.36. The number of carboxylic acid groups (broad SMARTS) is 1. The van der Waals surface area contributed by atoms with Gasteiger partial charge in [0.25, 0.3) is 0 Å². The molecule has 0 aromatic heterocycles. The maximum atomic E-state index is 10.4. The Morgan fingerprint density at radius 3 is 2.52 bits per heavy atom. The van der Waals surface area contributed by atoms with Gasteiger partial charge in [-0.2, -0.15) is 0 Å². The van der Waals surface area contributed by atoms with E-state index in [4.69, 9.17) is 9.84 Å². The topological polar surface area (TPSA) is 49.8 Å². The van der Waals surface area contributed by atoms with E-state index in [1.165, 1.54) is 44.9 Å². The summed E-state index contributed by atoms with van der Waals surface area (Å²) in [5.74, 6) is -0.674. The molecule has 1 fully saturated rings. The van der Waals surface area contributed by atoms with Gasteiger partial charge in [-0.15, -0.1) is 0 Å². The smallest absolute Gasteiger partial charge is 0.303 e. The summed E-state index contributed by atoms with van der Waals surface area (Å²) in [7, 11) is 0. The van der Waals surface area contributed by atoms with E-state index in [-0.39, 0.29) is 0 Å². The molecule has 0 aromatic rings. The summed E-state index contributed by atoms with van der Waals surface area (Å²) in [4.78, 5) is 10.4. The molecule has 21 heavy (non-hydrogen) atoms. The molecular formula is C18H32O3. The van der Waals surface area contributed by atoms with Crippen LogP contribution in [0.5, 0.6) is 0 Å². The molecule has 1 N–H and O–H groups in total. The second-order valence-electron chi connectivity index (χ2n) is 6.12. The van der Waals surface area contributed by atoms with Gasteiger partial charge < -0.3 is 9.84 Å². The minimum absolute atomic E-state index is 0.318. The van der Waals surface area contributed by atoms with Crippen molar-refractivity contribution in [2.75, 3.05) is 0 Å². The number of allylic oxidation sites excluding steroid dienone is 1. The number of epoxide rings is 1. The fraction of sp³-hybridized carbons (Fsp3) is 0.833. The lowest BCUT2D eigenvalue weighted by atomic mass is 10.1. The molecule has 0 aliphatic carbocycles. The molecule has 122 valence electrons. The van der Waals surface area contributed by atoms with E-state index >= 15 is 0 Å². The van der Waals surface area contributed by atoms with Gasteiger partial charge in [-0.1, -0.05) is 57.6 Å². The van der Waals surface area contributed by atoms with E-state index in [0.29, 0.717) is 18.6 Å². The van der Waals surface area contributed by atoms with Crippen LogP contribution in [0.3, 0.4) is 0 Å². The third kappa shape index (κ3) is 10.5. The highest BCUT2D eigenvalue weighted by atomic mass is 16.6. The van der Waals surface area contributed by atoms with Crippen molar-refractivity contribution in [3.8, 4) is 0 Å². The van der Waals surface area contributed by atoms with Crippen LogP contribution in [0.25, 0.3) is 0 Å². The fourth-order valence-corrected chi connectivity index (χ4v) is 2.65. The molecular weight excluding hydrogens is 264 g/mol. The summed E-state index contributed by atoms with van der Waals surface area (Å²) in [5.41, 5.74) is 0. The van der Waals surface area contributed by atoms with E-state index in [9.17, 15) is 4.79 Å². The monoisotopic (exact) mass is 296 g/mol. The maximum absolute atomic E-state index is 10.4. The van der Waals surface area contributed by atoms with Crippen LogP contribution in [-0.4, -0.2) is 23.3 Å². The zero-order valence-corrected chi connectivity index (χ0v) is 13.6. The molecule has 1 aliphatic heterocycles. The molecule has 1 rings (SSSR count). The number of carboxylic acids is 1. The molecule has 1 aliphatic rings. The summed E-state index contributed by atoms with van der Waals surface area (Å²) in [6.45, 7) is 2.23. The van der Waals surface area contributed by atoms with Crippen molar-refractivity contribution in [2.45, 2.75) is 96.2 Å². The number of unbranched alkanes of at least 4 members (excludes halogenated alkanes) is 7. The number of ether oxygens (including phenoxy) is 1. The Kier molecular flexibility index (Phi) is 10.2. The number of aliphatic carboxylic acids is 1. The standard InChI is InChI=1S/C18H32O3/c1-2-3-4-5-7-10-13-16-17(21-16)14-11-8-6-9-12-15-18(19)20/h7,10,16-17H,2-6,8-9,11-15H2,1H3,(H,19,20)/b10-7-/t16-,17+/m0/s1. The molecule has 0 bridgehead atoms. The predicted octanol–water partition coefficient (Wildman–Crippen LogP) is 5.10. The number of hydrogen-bond donors (Lipinski definition) is 1. The first-order chi connectivity index (χ1) is 10.2. The van der Waals surface area contributed by atoms with E-state index in [0.717, 1.165) is 25.7 Å². The second-order valence-corrected chi connectivity index (χ2v) is 6.12. The van der Waals surface area contributed by atoms with Gasteiger partial charge in [0.1, 0.15) is 0 Å². The van der Waals surface area contributed by atoms with E-state index in [2.05, 4.69) is 19.1 Å². The minimum atomic E-state index is -0.674. The maximum Gasteiger partial charge on any atom is 0.303 e. The Morgan fingerprint density at radius 1 is 1.00 bits per heavy atom. The van der Waals surface area contributed by atoms with Crippen molar-refractivity contribution >= 4 is 5.97 Å². The van der Waals surface area contributed by atoms with Gasteiger partial charge in [0.2, 0.25) is 0 Å². The first-order valence-electron chi connectivity index (χ1n) is 8.76. The number of rotatable bonds is 14. The Hall–Kier alpha value is -0.830. The molecule has 1 heterocycles. The first-order valence-corrected chi connectivity index (χ1v) is 8.76. The van der Waals surface area contributed by atoms with Crippen molar-refractivity contribution in [3.05, 3.63) is 12.2 Å². The van der Waals surface area contributed by atoms with Crippen molar-refractivity contribution in [2.24, 2.45) is 0 Å². The Bertz CT molecular complexity index is 299. The van der Waals surface area contributed by atoms with E-state index < -0.39 is 5.97 Å². The van der Waals surface area contributed by atoms with Crippen LogP contribution in [0.1, 0.15) is 84.0 Å².